The van der Waals surface area contributed by atoms with Gasteiger partial charge in [0.05, 0.1) is 12.7 Å². The summed E-state index contributed by atoms with van der Waals surface area (Å²) in [6, 6.07) is 5.33. The summed E-state index contributed by atoms with van der Waals surface area (Å²) in [6.45, 7) is 0.488. The topological polar surface area (TPSA) is 61.5 Å². The molecule has 0 fully saturated rings. The summed E-state index contributed by atoms with van der Waals surface area (Å²) in [5.41, 5.74) is 7.12. The maximum Gasteiger partial charge on any atom is 0.337 e. The molecule has 0 amide bonds. The summed E-state index contributed by atoms with van der Waals surface area (Å²) in [6.07, 6.45) is 0.848. The lowest BCUT2D eigenvalue weighted by Gasteiger charge is -2.06. The summed E-state index contributed by atoms with van der Waals surface area (Å²) >= 11 is 0. The normalized spacial score (nSPS) is 18.1. The highest BCUT2D eigenvalue weighted by molar-refractivity contribution is 5.90. The minimum absolute atomic E-state index is 0.0351. The minimum atomic E-state index is -0.349. The van der Waals surface area contributed by atoms with Crippen molar-refractivity contribution in [3.05, 3.63) is 29.3 Å². The van der Waals surface area contributed by atoms with Gasteiger partial charge >= 0.3 is 5.97 Å². The Bertz CT molecular complexity index is 389. The number of benzene rings is 1. The fourth-order valence-corrected chi connectivity index (χ4v) is 1.68. The van der Waals surface area contributed by atoms with Gasteiger partial charge in [-0.15, -0.1) is 0 Å². The van der Waals surface area contributed by atoms with Crippen LogP contribution in [0.15, 0.2) is 18.2 Å². The number of nitrogens with two attached hydrogens (primary N) is 1. The number of carbonyl (C=O) groups is 1. The molecule has 0 aromatic heterocycles. The standard InChI is InChI=1S/C11H13NO3/c1-14-11(13)8-3-2-7-4-9(6-12)15-10(7)5-8/h2-3,5,9H,4,6,12H2,1H3. The first-order chi connectivity index (χ1) is 7.24. The molecular formula is C11H13NO3. The zero-order valence-corrected chi connectivity index (χ0v) is 8.53. The predicted octanol–water partition coefficient (Wildman–Crippen LogP) is 0.735. The van der Waals surface area contributed by atoms with E-state index in [4.69, 9.17) is 10.5 Å². The van der Waals surface area contributed by atoms with E-state index in [1.807, 2.05) is 6.07 Å². The van der Waals surface area contributed by atoms with Gasteiger partial charge in [-0.1, -0.05) is 6.07 Å². The molecule has 4 heteroatoms. The van der Waals surface area contributed by atoms with Crippen LogP contribution in [-0.4, -0.2) is 25.7 Å². The van der Waals surface area contributed by atoms with E-state index in [1.54, 1.807) is 12.1 Å². The van der Waals surface area contributed by atoms with Gasteiger partial charge in [-0.25, -0.2) is 4.79 Å². The quantitative estimate of drug-likeness (QED) is 0.726. The van der Waals surface area contributed by atoms with Gasteiger partial charge in [0.25, 0.3) is 0 Å². The molecule has 2 N–H and O–H groups in total. The van der Waals surface area contributed by atoms with Gasteiger partial charge in [-0.3, -0.25) is 0 Å². The minimum Gasteiger partial charge on any atom is -0.488 e. The third kappa shape index (κ3) is 1.80. The molecule has 1 unspecified atom stereocenters. The van der Waals surface area contributed by atoms with Gasteiger partial charge in [0, 0.05) is 13.0 Å². The highest BCUT2D eigenvalue weighted by atomic mass is 16.5. The Balaban J connectivity index is 2.26. The van der Waals surface area contributed by atoms with E-state index in [0.717, 1.165) is 17.7 Å². The highest BCUT2D eigenvalue weighted by Crippen LogP contribution is 2.29. The number of hydrogen-bond acceptors (Lipinski definition) is 4. The zero-order chi connectivity index (χ0) is 10.8. The molecule has 0 saturated carbocycles. The van der Waals surface area contributed by atoms with E-state index in [1.165, 1.54) is 7.11 Å². The van der Waals surface area contributed by atoms with Gasteiger partial charge in [0.2, 0.25) is 0 Å². The Kier molecular flexibility index (Phi) is 2.60. The number of methoxy groups -OCH3 is 1. The van der Waals surface area contributed by atoms with Crippen molar-refractivity contribution in [1.82, 2.24) is 0 Å². The van der Waals surface area contributed by atoms with Crippen molar-refractivity contribution >= 4 is 5.97 Å². The third-order valence-corrected chi connectivity index (χ3v) is 2.49. The Morgan fingerprint density at radius 1 is 1.67 bits per heavy atom. The molecule has 80 valence electrons. The van der Waals surface area contributed by atoms with Crippen molar-refractivity contribution in [2.24, 2.45) is 5.73 Å². The van der Waals surface area contributed by atoms with Crippen LogP contribution < -0.4 is 10.5 Å². The van der Waals surface area contributed by atoms with Crippen molar-refractivity contribution in [3.8, 4) is 5.75 Å². The van der Waals surface area contributed by atoms with Crippen LogP contribution in [0, 0.1) is 0 Å². The molecule has 1 aromatic carbocycles. The molecule has 15 heavy (non-hydrogen) atoms. The van der Waals surface area contributed by atoms with Crippen LogP contribution in [0.2, 0.25) is 0 Å². The average Bonchev–Trinajstić information content (AvgIpc) is 2.69. The van der Waals surface area contributed by atoms with E-state index >= 15 is 0 Å². The Labute approximate surface area is 88.0 Å². The third-order valence-electron chi connectivity index (χ3n) is 2.49. The highest BCUT2D eigenvalue weighted by Gasteiger charge is 2.22. The Morgan fingerprint density at radius 3 is 3.13 bits per heavy atom. The number of esters is 1. The molecule has 4 nitrogen and oxygen atoms in total. The van der Waals surface area contributed by atoms with Crippen LogP contribution in [-0.2, 0) is 11.2 Å². The zero-order valence-electron chi connectivity index (χ0n) is 8.53. The first-order valence-corrected chi connectivity index (χ1v) is 4.82. The van der Waals surface area contributed by atoms with E-state index in [9.17, 15) is 4.79 Å². The van der Waals surface area contributed by atoms with E-state index in [2.05, 4.69) is 4.74 Å². The molecule has 0 aliphatic carbocycles. The molecule has 1 heterocycles. The number of ether oxygens (including phenoxy) is 2. The lowest BCUT2D eigenvalue weighted by molar-refractivity contribution is 0.0600. The van der Waals surface area contributed by atoms with Crippen LogP contribution >= 0.6 is 0 Å². The van der Waals surface area contributed by atoms with Crippen LogP contribution in [0.3, 0.4) is 0 Å². The van der Waals surface area contributed by atoms with E-state index < -0.39 is 0 Å². The molecule has 1 aliphatic heterocycles. The van der Waals surface area contributed by atoms with E-state index in [-0.39, 0.29) is 12.1 Å². The monoisotopic (exact) mass is 207 g/mol. The molecule has 0 radical (unpaired) electrons. The molecule has 2 rings (SSSR count). The molecule has 0 spiro atoms. The summed E-state index contributed by atoms with van der Waals surface area (Å²) in [5.74, 6) is 0.394. The van der Waals surface area contributed by atoms with Gasteiger partial charge in [0.15, 0.2) is 0 Å². The Morgan fingerprint density at radius 2 is 2.47 bits per heavy atom. The summed E-state index contributed by atoms with van der Waals surface area (Å²) in [4.78, 5) is 11.3. The number of fused-ring (bicyclic) bond motifs is 1. The molecule has 1 aliphatic rings. The smallest absolute Gasteiger partial charge is 0.337 e. The maximum atomic E-state index is 11.3. The van der Waals surface area contributed by atoms with Crippen molar-refractivity contribution in [1.29, 1.82) is 0 Å². The second-order valence-corrected chi connectivity index (χ2v) is 3.49. The molecule has 0 bridgehead atoms. The van der Waals surface area contributed by atoms with Crippen LogP contribution in [0.5, 0.6) is 5.75 Å². The van der Waals surface area contributed by atoms with Crippen LogP contribution in [0.25, 0.3) is 0 Å². The van der Waals surface area contributed by atoms with Crippen molar-refractivity contribution < 1.29 is 14.3 Å². The SMILES string of the molecule is COC(=O)c1ccc2c(c1)OC(CN)C2. The second kappa shape index (κ2) is 3.90. The fourth-order valence-electron chi connectivity index (χ4n) is 1.68. The second-order valence-electron chi connectivity index (χ2n) is 3.49. The molecular weight excluding hydrogens is 194 g/mol. The first kappa shape index (κ1) is 9.98. The van der Waals surface area contributed by atoms with Crippen LogP contribution in [0.1, 0.15) is 15.9 Å². The summed E-state index contributed by atoms with van der Waals surface area (Å²) in [7, 11) is 1.36. The van der Waals surface area contributed by atoms with Gasteiger partial charge in [-0.2, -0.15) is 0 Å². The van der Waals surface area contributed by atoms with E-state index in [0.29, 0.717) is 12.1 Å². The lowest BCUT2D eigenvalue weighted by Crippen LogP contribution is -2.24. The van der Waals surface area contributed by atoms with Crippen molar-refractivity contribution in [3.63, 3.8) is 0 Å². The lowest BCUT2D eigenvalue weighted by atomic mass is 10.1. The number of rotatable bonds is 2. The molecule has 1 aromatic rings. The maximum absolute atomic E-state index is 11.3. The fraction of sp³-hybridized carbons (Fsp3) is 0.364. The van der Waals surface area contributed by atoms with Gasteiger partial charge < -0.3 is 15.2 Å². The van der Waals surface area contributed by atoms with Gasteiger partial charge in [0.1, 0.15) is 11.9 Å². The number of hydrogen-bond donors (Lipinski definition) is 1. The van der Waals surface area contributed by atoms with Gasteiger partial charge in [-0.05, 0) is 17.7 Å². The number of carbonyl (C=O) groups excluding carboxylic acids is 1. The molecule has 1 atom stereocenters. The van der Waals surface area contributed by atoms with Crippen LogP contribution in [0.4, 0.5) is 0 Å². The largest absolute Gasteiger partial charge is 0.488 e. The summed E-state index contributed by atoms with van der Waals surface area (Å²) in [5, 5.41) is 0. The Hall–Kier alpha value is -1.55. The predicted molar refractivity (Wildman–Crippen MR) is 55.0 cm³/mol. The van der Waals surface area contributed by atoms with Crippen molar-refractivity contribution in [2.45, 2.75) is 12.5 Å². The average molecular weight is 207 g/mol. The van der Waals surface area contributed by atoms with Crippen molar-refractivity contribution in [2.75, 3.05) is 13.7 Å². The summed E-state index contributed by atoms with van der Waals surface area (Å²) < 4.78 is 10.2. The molecule has 0 saturated heterocycles. The first-order valence-electron chi connectivity index (χ1n) is 4.82.